The molecule has 3 saturated heterocycles. The van der Waals surface area contributed by atoms with Crippen molar-refractivity contribution in [2.75, 3.05) is 26.2 Å². The van der Waals surface area contributed by atoms with E-state index in [1.807, 2.05) is 0 Å². The highest BCUT2D eigenvalue weighted by Crippen LogP contribution is 2.15. The second kappa shape index (κ2) is 5.96. The standard InChI is InChI=1S/C15H24N4O3/c16-14(22)15(19-6-2-1-3-7-19)4-8-18(9-5-15)11-10-12(20)17-13(11)21/h11H,1-10H2,(H2,16,22)(H,17,20,21)/p+2/t11-/m1/s1. The van der Waals surface area contributed by atoms with Crippen molar-refractivity contribution in [2.24, 2.45) is 5.73 Å². The molecule has 7 nitrogen and oxygen atoms in total. The number of imide groups is 1. The Morgan fingerprint density at radius 2 is 1.73 bits per heavy atom. The zero-order chi connectivity index (χ0) is 15.7. The van der Waals surface area contributed by atoms with Crippen LogP contribution in [0.5, 0.6) is 0 Å². The maximum Gasteiger partial charge on any atom is 0.285 e. The lowest BCUT2D eigenvalue weighted by atomic mass is 9.83. The van der Waals surface area contributed by atoms with Gasteiger partial charge in [-0.05, 0) is 19.3 Å². The molecule has 7 heteroatoms. The molecule has 22 heavy (non-hydrogen) atoms. The third-order valence-electron chi connectivity index (χ3n) is 5.81. The lowest BCUT2D eigenvalue weighted by molar-refractivity contribution is -0.978. The average Bonchev–Trinajstić information content (AvgIpc) is 2.86. The van der Waals surface area contributed by atoms with E-state index in [-0.39, 0.29) is 30.2 Å². The monoisotopic (exact) mass is 310 g/mol. The summed E-state index contributed by atoms with van der Waals surface area (Å²) in [7, 11) is 0. The minimum absolute atomic E-state index is 0.170. The van der Waals surface area contributed by atoms with Crippen molar-refractivity contribution in [3.8, 4) is 0 Å². The molecule has 3 aliphatic heterocycles. The molecule has 0 aromatic heterocycles. The van der Waals surface area contributed by atoms with Crippen molar-refractivity contribution >= 4 is 17.7 Å². The topological polar surface area (TPSA) is 98.1 Å². The van der Waals surface area contributed by atoms with Gasteiger partial charge in [0.25, 0.3) is 11.8 Å². The molecule has 3 rings (SSSR count). The quantitative estimate of drug-likeness (QED) is 0.405. The van der Waals surface area contributed by atoms with Crippen LogP contribution in [0.25, 0.3) is 0 Å². The molecule has 3 aliphatic rings. The Bertz CT molecular complexity index is 479. The van der Waals surface area contributed by atoms with Gasteiger partial charge in [0.2, 0.25) is 5.91 Å². The molecule has 0 aliphatic carbocycles. The number of rotatable bonds is 3. The number of amides is 3. The molecule has 0 spiro atoms. The third kappa shape index (κ3) is 2.63. The van der Waals surface area contributed by atoms with Crippen LogP contribution in [0.3, 0.4) is 0 Å². The van der Waals surface area contributed by atoms with Crippen molar-refractivity contribution in [2.45, 2.75) is 50.1 Å². The number of nitrogens with one attached hydrogen (secondary N) is 3. The molecule has 3 heterocycles. The zero-order valence-electron chi connectivity index (χ0n) is 13.0. The molecule has 0 saturated carbocycles. The van der Waals surface area contributed by atoms with Crippen LogP contribution in [0.2, 0.25) is 0 Å². The smallest absolute Gasteiger partial charge is 0.285 e. The lowest BCUT2D eigenvalue weighted by Gasteiger charge is -2.44. The predicted molar refractivity (Wildman–Crippen MR) is 78.0 cm³/mol. The van der Waals surface area contributed by atoms with E-state index in [0.29, 0.717) is 12.8 Å². The van der Waals surface area contributed by atoms with Gasteiger partial charge in [-0.2, -0.15) is 0 Å². The predicted octanol–water partition coefficient (Wildman–Crippen LogP) is -3.63. The largest absolute Gasteiger partial charge is 0.364 e. The molecule has 0 unspecified atom stereocenters. The highest BCUT2D eigenvalue weighted by atomic mass is 16.2. The number of primary amides is 1. The number of piperidine rings is 2. The minimum atomic E-state index is -0.469. The zero-order valence-corrected chi connectivity index (χ0v) is 13.0. The third-order valence-corrected chi connectivity index (χ3v) is 5.81. The van der Waals surface area contributed by atoms with E-state index in [2.05, 4.69) is 5.32 Å². The van der Waals surface area contributed by atoms with Crippen LogP contribution >= 0.6 is 0 Å². The summed E-state index contributed by atoms with van der Waals surface area (Å²) in [6, 6.07) is -0.283. The SMILES string of the molecule is NC(=O)C1([NH+]2CCCCC2)CC[NH+]([C@@H]2CC(=O)NC2=O)CC1. The molecule has 1 atom stereocenters. The van der Waals surface area contributed by atoms with Crippen LogP contribution in [-0.4, -0.2) is 55.5 Å². The molecule has 0 bridgehead atoms. The van der Waals surface area contributed by atoms with Gasteiger partial charge in [-0.25, -0.2) is 0 Å². The molecule has 0 aromatic carbocycles. The van der Waals surface area contributed by atoms with Crippen LogP contribution in [0.15, 0.2) is 0 Å². The van der Waals surface area contributed by atoms with Crippen LogP contribution in [0.1, 0.15) is 38.5 Å². The van der Waals surface area contributed by atoms with Gasteiger partial charge in [0.15, 0.2) is 11.6 Å². The van der Waals surface area contributed by atoms with Crippen molar-refractivity contribution in [1.29, 1.82) is 0 Å². The minimum Gasteiger partial charge on any atom is -0.364 e. The fourth-order valence-electron chi connectivity index (χ4n) is 4.46. The summed E-state index contributed by atoms with van der Waals surface area (Å²) in [4.78, 5) is 37.8. The Labute approximate surface area is 130 Å². The van der Waals surface area contributed by atoms with E-state index in [1.54, 1.807) is 0 Å². The van der Waals surface area contributed by atoms with Crippen molar-refractivity contribution in [1.82, 2.24) is 5.32 Å². The molecule has 5 N–H and O–H groups in total. The van der Waals surface area contributed by atoms with Gasteiger partial charge in [-0.3, -0.25) is 19.7 Å². The van der Waals surface area contributed by atoms with Crippen LogP contribution < -0.4 is 20.9 Å². The van der Waals surface area contributed by atoms with E-state index >= 15 is 0 Å². The summed E-state index contributed by atoms with van der Waals surface area (Å²) < 4.78 is 0. The first kappa shape index (κ1) is 15.4. The molecule has 3 amide bonds. The first-order valence-electron chi connectivity index (χ1n) is 8.36. The number of nitrogens with two attached hydrogens (primary N) is 1. The highest BCUT2D eigenvalue weighted by Gasteiger charge is 2.52. The Balaban J connectivity index is 1.68. The van der Waals surface area contributed by atoms with Crippen molar-refractivity contribution < 1.29 is 24.2 Å². The van der Waals surface area contributed by atoms with Crippen molar-refractivity contribution in [3.63, 3.8) is 0 Å². The van der Waals surface area contributed by atoms with E-state index < -0.39 is 5.54 Å². The summed E-state index contributed by atoms with van der Waals surface area (Å²) in [5.74, 6) is -0.553. The molecule has 122 valence electrons. The maximum absolute atomic E-state index is 12.2. The Morgan fingerprint density at radius 1 is 1.09 bits per heavy atom. The van der Waals surface area contributed by atoms with Gasteiger partial charge in [0, 0.05) is 0 Å². The van der Waals surface area contributed by atoms with E-state index in [4.69, 9.17) is 5.73 Å². The second-order valence-electron chi connectivity index (χ2n) is 6.94. The second-order valence-corrected chi connectivity index (χ2v) is 6.94. The molecular formula is C15H26N4O3+2. The van der Waals surface area contributed by atoms with Gasteiger partial charge in [-0.1, -0.05) is 0 Å². The van der Waals surface area contributed by atoms with Crippen LogP contribution in [-0.2, 0) is 14.4 Å². The number of carbonyl (C=O) groups is 3. The Morgan fingerprint density at radius 3 is 2.23 bits per heavy atom. The fraction of sp³-hybridized carbons (Fsp3) is 0.800. The van der Waals surface area contributed by atoms with E-state index in [9.17, 15) is 14.4 Å². The number of hydrogen-bond acceptors (Lipinski definition) is 3. The first-order chi connectivity index (χ1) is 10.5. The van der Waals surface area contributed by atoms with Gasteiger partial charge in [0.1, 0.15) is 0 Å². The van der Waals surface area contributed by atoms with Gasteiger partial charge >= 0.3 is 0 Å². The normalized spacial score (nSPS) is 37.1. The first-order valence-corrected chi connectivity index (χ1v) is 8.36. The average molecular weight is 310 g/mol. The summed E-state index contributed by atoms with van der Waals surface area (Å²) in [5, 5.41) is 2.38. The van der Waals surface area contributed by atoms with Gasteiger partial charge in [0.05, 0.1) is 45.4 Å². The van der Waals surface area contributed by atoms with Crippen LogP contribution in [0.4, 0.5) is 0 Å². The Kier molecular flexibility index (Phi) is 4.18. The summed E-state index contributed by atoms with van der Waals surface area (Å²) in [5.41, 5.74) is 5.31. The van der Waals surface area contributed by atoms with Gasteiger partial charge < -0.3 is 15.5 Å². The molecule has 0 radical (unpaired) electrons. The number of hydrogen-bond donors (Lipinski definition) is 4. The highest BCUT2D eigenvalue weighted by molar-refractivity contribution is 6.04. The lowest BCUT2D eigenvalue weighted by Crippen LogP contribution is -3.27. The summed E-state index contributed by atoms with van der Waals surface area (Å²) in [6.07, 6.45) is 5.24. The number of quaternary nitrogens is 2. The van der Waals surface area contributed by atoms with Gasteiger partial charge in [-0.15, -0.1) is 0 Å². The fourth-order valence-corrected chi connectivity index (χ4v) is 4.46. The number of carbonyl (C=O) groups excluding carboxylic acids is 3. The van der Waals surface area contributed by atoms with Crippen LogP contribution in [0, 0.1) is 0 Å². The molecular weight excluding hydrogens is 284 g/mol. The summed E-state index contributed by atoms with van der Waals surface area (Å²) >= 11 is 0. The Hall–Kier alpha value is -1.47. The van der Waals surface area contributed by atoms with Crippen molar-refractivity contribution in [3.05, 3.63) is 0 Å². The number of likely N-dealkylation sites (tertiary alicyclic amines) is 2. The molecule has 0 aromatic rings. The maximum atomic E-state index is 12.2. The van der Waals surface area contributed by atoms with E-state index in [0.717, 1.165) is 43.9 Å². The molecule has 3 fully saturated rings. The summed E-state index contributed by atoms with van der Waals surface area (Å²) in [6.45, 7) is 3.50. The van der Waals surface area contributed by atoms with E-state index in [1.165, 1.54) is 11.3 Å².